The molecule has 2 fully saturated rings. The summed E-state index contributed by atoms with van der Waals surface area (Å²) in [4.78, 5) is 20.2. The van der Waals surface area contributed by atoms with Gasteiger partial charge in [-0.15, -0.1) is 0 Å². The number of piperidine rings is 1. The minimum atomic E-state index is 0.183. The number of carbonyl (C=O) groups excluding carboxylic acids is 1. The van der Waals surface area contributed by atoms with Crippen LogP contribution in [-0.4, -0.2) is 26.4 Å². The van der Waals surface area contributed by atoms with Crippen LogP contribution in [0.15, 0.2) is 42.7 Å². The van der Waals surface area contributed by atoms with E-state index in [1.165, 1.54) is 24.8 Å². The van der Waals surface area contributed by atoms with E-state index >= 15 is 0 Å². The zero-order valence-corrected chi connectivity index (χ0v) is 16.3. The van der Waals surface area contributed by atoms with Crippen LogP contribution in [0.5, 0.6) is 0 Å². The van der Waals surface area contributed by atoms with Crippen LogP contribution in [0.4, 0.5) is 0 Å². The molecule has 0 N–H and O–H groups in total. The van der Waals surface area contributed by atoms with Crippen molar-refractivity contribution in [1.82, 2.24) is 14.5 Å². The summed E-state index contributed by atoms with van der Waals surface area (Å²) in [5.74, 6) is 0.938. The quantitative estimate of drug-likeness (QED) is 0.652. The first-order valence-electron chi connectivity index (χ1n) is 10.6. The minimum Gasteiger partial charge on any atom is -0.354 e. The third kappa shape index (κ3) is 2.36. The van der Waals surface area contributed by atoms with Crippen LogP contribution in [0.25, 0.3) is 10.9 Å². The van der Waals surface area contributed by atoms with E-state index in [1.54, 1.807) is 17.5 Å². The van der Waals surface area contributed by atoms with Crippen molar-refractivity contribution in [2.45, 2.75) is 56.5 Å². The van der Waals surface area contributed by atoms with Crippen molar-refractivity contribution >= 4 is 16.8 Å². The third-order valence-corrected chi connectivity index (χ3v) is 6.96. The van der Waals surface area contributed by atoms with Gasteiger partial charge in [-0.1, -0.05) is 6.07 Å². The SMILES string of the molecule is Cn1cc2c(c1C1CC1)C[C@H]1CCC[C@@H]2N1C(=O)c1ccc2ncccc2c1. The van der Waals surface area contributed by atoms with Gasteiger partial charge in [0.25, 0.3) is 5.91 Å². The fourth-order valence-electron chi connectivity index (χ4n) is 5.60. The number of hydrogen-bond donors (Lipinski definition) is 0. The fourth-order valence-corrected chi connectivity index (χ4v) is 5.60. The summed E-state index contributed by atoms with van der Waals surface area (Å²) < 4.78 is 2.35. The van der Waals surface area contributed by atoms with E-state index in [1.807, 2.05) is 30.3 Å². The minimum absolute atomic E-state index is 0.183. The van der Waals surface area contributed by atoms with Crippen LogP contribution in [0, 0.1) is 0 Å². The number of aromatic nitrogens is 2. The first-order chi connectivity index (χ1) is 13.7. The maximum atomic E-state index is 13.6. The van der Waals surface area contributed by atoms with Gasteiger partial charge in [-0.25, -0.2) is 0 Å². The molecule has 1 saturated carbocycles. The molecule has 0 unspecified atom stereocenters. The van der Waals surface area contributed by atoms with Crippen LogP contribution >= 0.6 is 0 Å². The summed E-state index contributed by atoms with van der Waals surface area (Å²) in [6.45, 7) is 0. The molecular weight excluding hydrogens is 346 g/mol. The van der Waals surface area contributed by atoms with Gasteiger partial charge in [-0.3, -0.25) is 9.78 Å². The number of benzene rings is 1. The van der Waals surface area contributed by atoms with E-state index in [0.29, 0.717) is 6.04 Å². The molecule has 2 aliphatic heterocycles. The summed E-state index contributed by atoms with van der Waals surface area (Å²) in [5.41, 5.74) is 6.26. The molecule has 3 aromatic rings. The highest BCUT2D eigenvalue weighted by atomic mass is 16.2. The first-order valence-corrected chi connectivity index (χ1v) is 10.6. The van der Waals surface area contributed by atoms with Crippen molar-refractivity contribution in [2.24, 2.45) is 7.05 Å². The van der Waals surface area contributed by atoms with Gasteiger partial charge >= 0.3 is 0 Å². The second-order valence-electron chi connectivity index (χ2n) is 8.76. The number of fused-ring (bicyclic) bond motifs is 5. The van der Waals surface area contributed by atoms with Gasteiger partial charge < -0.3 is 9.47 Å². The largest absolute Gasteiger partial charge is 0.354 e. The lowest BCUT2D eigenvalue weighted by molar-refractivity contribution is 0.0402. The van der Waals surface area contributed by atoms with E-state index in [-0.39, 0.29) is 11.9 Å². The summed E-state index contributed by atoms with van der Waals surface area (Å²) >= 11 is 0. The Hall–Kier alpha value is -2.62. The molecule has 4 heterocycles. The van der Waals surface area contributed by atoms with Crippen molar-refractivity contribution in [2.75, 3.05) is 0 Å². The molecule has 1 amide bonds. The van der Waals surface area contributed by atoms with Crippen molar-refractivity contribution in [3.05, 3.63) is 65.1 Å². The van der Waals surface area contributed by atoms with Gasteiger partial charge in [0, 0.05) is 42.1 Å². The molecule has 4 nitrogen and oxygen atoms in total. The van der Waals surface area contributed by atoms with E-state index in [9.17, 15) is 4.79 Å². The first kappa shape index (κ1) is 16.3. The van der Waals surface area contributed by atoms with E-state index in [2.05, 4.69) is 27.7 Å². The molecule has 2 bridgehead atoms. The third-order valence-electron chi connectivity index (χ3n) is 6.96. The molecule has 1 saturated heterocycles. The number of pyridine rings is 1. The van der Waals surface area contributed by atoms with Crippen LogP contribution in [0.1, 0.15) is 71.2 Å². The molecular formula is C24H25N3O. The lowest BCUT2D eigenvalue weighted by Gasteiger charge is -2.46. The number of hydrogen-bond acceptors (Lipinski definition) is 2. The van der Waals surface area contributed by atoms with Gasteiger partial charge in [0.15, 0.2) is 0 Å². The maximum absolute atomic E-state index is 13.6. The Morgan fingerprint density at radius 3 is 2.89 bits per heavy atom. The summed E-state index contributed by atoms with van der Waals surface area (Å²) in [7, 11) is 2.19. The Bertz CT molecular complexity index is 1090. The van der Waals surface area contributed by atoms with Crippen LogP contribution in [-0.2, 0) is 13.5 Å². The standard InChI is InChI=1S/C24H25N3O/c1-26-14-20-19(23(26)15-7-8-15)13-18-5-2-6-22(20)27(18)24(28)17-9-10-21-16(12-17)4-3-11-25-21/h3-4,9-12,14-15,18,22H,2,5-8,13H2,1H3/t18-,22+/m1/s1. The number of nitrogens with zero attached hydrogens (tertiary/aromatic N) is 3. The topological polar surface area (TPSA) is 38.1 Å². The Labute approximate surface area is 165 Å². The molecule has 28 heavy (non-hydrogen) atoms. The van der Waals surface area contributed by atoms with Crippen molar-refractivity contribution in [1.29, 1.82) is 0 Å². The van der Waals surface area contributed by atoms with Crippen LogP contribution < -0.4 is 0 Å². The predicted molar refractivity (Wildman–Crippen MR) is 109 cm³/mol. The van der Waals surface area contributed by atoms with Crippen LogP contribution in [0.3, 0.4) is 0 Å². The second kappa shape index (κ2) is 5.94. The zero-order chi connectivity index (χ0) is 18.8. The van der Waals surface area contributed by atoms with Gasteiger partial charge in [0.05, 0.1) is 11.6 Å². The van der Waals surface area contributed by atoms with Crippen molar-refractivity contribution < 1.29 is 4.79 Å². The zero-order valence-electron chi connectivity index (χ0n) is 16.3. The van der Waals surface area contributed by atoms with Gasteiger partial charge in [-0.2, -0.15) is 0 Å². The Kier molecular flexibility index (Phi) is 3.47. The molecule has 0 spiro atoms. The smallest absolute Gasteiger partial charge is 0.254 e. The number of aryl methyl sites for hydroxylation is 1. The summed E-state index contributed by atoms with van der Waals surface area (Å²) in [5, 5.41) is 1.03. The molecule has 142 valence electrons. The lowest BCUT2D eigenvalue weighted by Crippen LogP contribution is -2.49. The normalized spacial score (nSPS) is 23.7. The van der Waals surface area contributed by atoms with Crippen molar-refractivity contribution in [3.63, 3.8) is 0 Å². The molecule has 2 atom stereocenters. The molecule has 0 radical (unpaired) electrons. The number of amides is 1. The maximum Gasteiger partial charge on any atom is 0.254 e. The highest BCUT2D eigenvalue weighted by molar-refractivity contribution is 5.98. The number of carbonyl (C=O) groups is 1. The lowest BCUT2D eigenvalue weighted by atomic mass is 9.80. The van der Waals surface area contributed by atoms with E-state index in [0.717, 1.165) is 41.6 Å². The highest BCUT2D eigenvalue weighted by Crippen LogP contribution is 2.49. The molecule has 4 heteroatoms. The summed E-state index contributed by atoms with van der Waals surface area (Å²) in [6.07, 6.45) is 11.2. The van der Waals surface area contributed by atoms with Gasteiger partial charge in [0.1, 0.15) is 0 Å². The monoisotopic (exact) mass is 371 g/mol. The molecule has 1 aliphatic carbocycles. The van der Waals surface area contributed by atoms with Gasteiger partial charge in [0.2, 0.25) is 0 Å². The molecule has 2 aromatic heterocycles. The Balaban J connectivity index is 1.41. The Morgan fingerprint density at radius 2 is 2.04 bits per heavy atom. The fraction of sp³-hybridized carbons (Fsp3) is 0.417. The molecule has 6 rings (SSSR count). The van der Waals surface area contributed by atoms with Gasteiger partial charge in [-0.05, 0) is 79.8 Å². The van der Waals surface area contributed by atoms with Crippen molar-refractivity contribution in [3.8, 4) is 0 Å². The predicted octanol–water partition coefficient (Wildman–Crippen LogP) is 4.74. The average molecular weight is 371 g/mol. The number of rotatable bonds is 2. The van der Waals surface area contributed by atoms with E-state index in [4.69, 9.17) is 0 Å². The summed E-state index contributed by atoms with van der Waals surface area (Å²) in [6, 6.07) is 10.5. The Morgan fingerprint density at radius 1 is 1.14 bits per heavy atom. The highest BCUT2D eigenvalue weighted by Gasteiger charge is 2.43. The van der Waals surface area contributed by atoms with E-state index < -0.39 is 0 Å². The second-order valence-corrected chi connectivity index (χ2v) is 8.76. The molecule has 3 aliphatic rings. The molecule has 1 aromatic carbocycles. The average Bonchev–Trinajstić information content (AvgIpc) is 3.49. The van der Waals surface area contributed by atoms with Crippen LogP contribution in [0.2, 0.25) is 0 Å².